The number of nitrogens with zero attached hydrogens (tertiary/aromatic N) is 2. The van der Waals surface area contributed by atoms with Gasteiger partial charge in [0.05, 0.1) is 6.20 Å². The standard InChI is InChI=1S/C16H20ClN3O2.2ClH/c1-18-9-10-20(2)16(21)8-7-15-19-11-14(22-15)12-3-5-13(17)6-4-12;;/h3-6,11,18H,7-10H2,1-2H3;2*1H. The van der Waals surface area contributed by atoms with Crippen molar-refractivity contribution < 1.29 is 9.21 Å². The van der Waals surface area contributed by atoms with Gasteiger partial charge in [-0.1, -0.05) is 11.6 Å². The highest BCUT2D eigenvalue weighted by Gasteiger charge is 2.11. The average molecular weight is 395 g/mol. The second-order valence-corrected chi connectivity index (χ2v) is 5.48. The summed E-state index contributed by atoms with van der Waals surface area (Å²) < 4.78 is 5.68. The van der Waals surface area contributed by atoms with Crippen molar-refractivity contribution in [1.29, 1.82) is 0 Å². The molecule has 1 aromatic heterocycles. The smallest absolute Gasteiger partial charge is 0.222 e. The Labute approximate surface area is 159 Å². The number of likely N-dealkylation sites (N-methyl/N-ethyl adjacent to an activating group) is 2. The molecule has 1 amide bonds. The third-order valence-corrected chi connectivity index (χ3v) is 3.61. The van der Waals surface area contributed by atoms with E-state index in [1.165, 1.54) is 0 Å². The molecule has 134 valence electrons. The molecule has 2 aromatic rings. The molecule has 1 N–H and O–H groups in total. The first-order valence-corrected chi connectivity index (χ1v) is 7.57. The van der Waals surface area contributed by atoms with E-state index in [0.717, 1.165) is 12.1 Å². The Morgan fingerprint density at radius 3 is 2.58 bits per heavy atom. The van der Waals surface area contributed by atoms with Crippen molar-refractivity contribution in [1.82, 2.24) is 15.2 Å². The zero-order valence-corrected chi connectivity index (χ0v) is 16.0. The van der Waals surface area contributed by atoms with E-state index in [9.17, 15) is 4.79 Å². The van der Waals surface area contributed by atoms with Gasteiger partial charge in [0.25, 0.3) is 0 Å². The van der Waals surface area contributed by atoms with Gasteiger partial charge in [0.1, 0.15) is 0 Å². The Morgan fingerprint density at radius 2 is 1.96 bits per heavy atom. The number of aryl methyl sites for hydroxylation is 1. The molecule has 0 aliphatic rings. The second-order valence-electron chi connectivity index (χ2n) is 5.04. The Kier molecular flexibility index (Phi) is 10.7. The topological polar surface area (TPSA) is 58.4 Å². The number of nitrogens with one attached hydrogen (secondary N) is 1. The molecule has 0 aliphatic carbocycles. The highest BCUT2D eigenvalue weighted by molar-refractivity contribution is 6.30. The number of oxazole rings is 1. The van der Waals surface area contributed by atoms with Gasteiger partial charge in [-0.25, -0.2) is 4.98 Å². The molecule has 0 unspecified atom stereocenters. The molecule has 2 rings (SSSR count). The average Bonchev–Trinajstić information content (AvgIpc) is 2.99. The van der Waals surface area contributed by atoms with Gasteiger partial charge in [-0.15, -0.1) is 24.8 Å². The molecule has 0 saturated carbocycles. The fraction of sp³-hybridized carbons (Fsp3) is 0.375. The normalized spacial score (nSPS) is 9.79. The Morgan fingerprint density at radius 1 is 1.29 bits per heavy atom. The lowest BCUT2D eigenvalue weighted by Crippen LogP contribution is -2.32. The molecule has 0 atom stereocenters. The minimum Gasteiger partial charge on any atom is -0.441 e. The molecule has 1 heterocycles. The Bertz CT molecular complexity index is 617. The van der Waals surface area contributed by atoms with E-state index in [2.05, 4.69) is 10.3 Å². The zero-order chi connectivity index (χ0) is 15.9. The number of halogens is 3. The third kappa shape index (κ3) is 6.69. The van der Waals surface area contributed by atoms with Gasteiger partial charge in [-0.2, -0.15) is 0 Å². The number of aromatic nitrogens is 1. The van der Waals surface area contributed by atoms with Crippen LogP contribution in [0, 0.1) is 0 Å². The van der Waals surface area contributed by atoms with Crippen molar-refractivity contribution >= 4 is 42.3 Å². The quantitative estimate of drug-likeness (QED) is 0.781. The van der Waals surface area contributed by atoms with Gasteiger partial charge >= 0.3 is 0 Å². The highest BCUT2D eigenvalue weighted by atomic mass is 35.5. The molecule has 0 radical (unpaired) electrons. The molecule has 5 nitrogen and oxygen atoms in total. The second kappa shape index (κ2) is 11.3. The van der Waals surface area contributed by atoms with Crippen molar-refractivity contribution in [2.75, 3.05) is 27.2 Å². The predicted octanol–water partition coefficient (Wildman–Crippen LogP) is 3.45. The van der Waals surface area contributed by atoms with E-state index >= 15 is 0 Å². The maximum atomic E-state index is 12.0. The molecule has 1 aromatic carbocycles. The Balaban J connectivity index is 0.00000264. The summed E-state index contributed by atoms with van der Waals surface area (Å²) in [4.78, 5) is 17.9. The van der Waals surface area contributed by atoms with Crippen LogP contribution in [0.3, 0.4) is 0 Å². The summed E-state index contributed by atoms with van der Waals surface area (Å²) in [6, 6.07) is 7.37. The first kappa shape index (κ1) is 22.7. The Hall–Kier alpha value is -1.27. The zero-order valence-electron chi connectivity index (χ0n) is 13.6. The summed E-state index contributed by atoms with van der Waals surface area (Å²) in [5.74, 6) is 1.34. The lowest BCUT2D eigenvalue weighted by Gasteiger charge is -2.16. The van der Waals surface area contributed by atoms with Crippen LogP contribution in [-0.2, 0) is 11.2 Å². The minimum atomic E-state index is 0. The number of hydrogen-bond donors (Lipinski definition) is 1. The highest BCUT2D eigenvalue weighted by Crippen LogP contribution is 2.22. The molecule has 0 spiro atoms. The van der Waals surface area contributed by atoms with Crippen LogP contribution in [0.5, 0.6) is 0 Å². The van der Waals surface area contributed by atoms with Crippen molar-refractivity contribution in [3.63, 3.8) is 0 Å². The van der Waals surface area contributed by atoms with Crippen molar-refractivity contribution in [2.45, 2.75) is 12.8 Å². The van der Waals surface area contributed by atoms with E-state index < -0.39 is 0 Å². The fourth-order valence-corrected chi connectivity index (χ4v) is 2.11. The summed E-state index contributed by atoms with van der Waals surface area (Å²) in [5, 5.41) is 3.70. The van der Waals surface area contributed by atoms with Crippen molar-refractivity contribution in [3.8, 4) is 11.3 Å². The maximum Gasteiger partial charge on any atom is 0.222 e. The first-order chi connectivity index (χ1) is 10.6. The molecular weight excluding hydrogens is 373 g/mol. The first-order valence-electron chi connectivity index (χ1n) is 7.19. The summed E-state index contributed by atoms with van der Waals surface area (Å²) in [6.45, 7) is 1.47. The van der Waals surface area contributed by atoms with Crippen LogP contribution in [0.1, 0.15) is 12.3 Å². The van der Waals surface area contributed by atoms with E-state index in [-0.39, 0.29) is 30.7 Å². The lowest BCUT2D eigenvalue weighted by molar-refractivity contribution is -0.129. The van der Waals surface area contributed by atoms with Gasteiger partial charge < -0.3 is 14.6 Å². The predicted molar refractivity (Wildman–Crippen MR) is 101 cm³/mol. The molecular formula is C16H22Cl3N3O2. The van der Waals surface area contributed by atoms with Crippen LogP contribution in [0.2, 0.25) is 5.02 Å². The molecule has 0 fully saturated rings. The number of carbonyl (C=O) groups excluding carboxylic acids is 1. The minimum absolute atomic E-state index is 0. The number of benzene rings is 1. The summed E-state index contributed by atoms with van der Waals surface area (Å²) >= 11 is 5.86. The van der Waals surface area contributed by atoms with Crippen LogP contribution < -0.4 is 5.32 Å². The van der Waals surface area contributed by atoms with Crippen LogP contribution in [0.15, 0.2) is 34.9 Å². The molecule has 0 saturated heterocycles. The third-order valence-electron chi connectivity index (χ3n) is 3.36. The van der Waals surface area contributed by atoms with Crippen LogP contribution in [-0.4, -0.2) is 43.0 Å². The van der Waals surface area contributed by atoms with Gasteiger partial charge in [0.15, 0.2) is 11.7 Å². The van der Waals surface area contributed by atoms with E-state index in [4.69, 9.17) is 16.0 Å². The molecule has 0 bridgehead atoms. The molecule has 24 heavy (non-hydrogen) atoms. The van der Waals surface area contributed by atoms with Gasteiger partial charge in [0.2, 0.25) is 5.91 Å². The fourth-order valence-electron chi connectivity index (χ4n) is 1.98. The monoisotopic (exact) mass is 393 g/mol. The number of hydrogen-bond acceptors (Lipinski definition) is 4. The van der Waals surface area contributed by atoms with Crippen LogP contribution >= 0.6 is 36.4 Å². The number of amides is 1. The maximum absolute atomic E-state index is 12.0. The lowest BCUT2D eigenvalue weighted by atomic mass is 10.2. The number of carbonyl (C=O) groups is 1. The molecule has 8 heteroatoms. The van der Waals surface area contributed by atoms with Gasteiger partial charge in [0, 0.05) is 43.6 Å². The van der Waals surface area contributed by atoms with Crippen molar-refractivity contribution in [3.05, 3.63) is 41.4 Å². The number of rotatable bonds is 7. The van der Waals surface area contributed by atoms with E-state index in [0.29, 0.717) is 36.1 Å². The molecule has 0 aliphatic heterocycles. The van der Waals surface area contributed by atoms with E-state index in [1.54, 1.807) is 30.3 Å². The van der Waals surface area contributed by atoms with Gasteiger partial charge in [-0.05, 0) is 31.3 Å². The largest absolute Gasteiger partial charge is 0.441 e. The van der Waals surface area contributed by atoms with Gasteiger partial charge in [-0.3, -0.25) is 4.79 Å². The van der Waals surface area contributed by atoms with Crippen LogP contribution in [0.25, 0.3) is 11.3 Å². The van der Waals surface area contributed by atoms with E-state index in [1.807, 2.05) is 19.2 Å². The summed E-state index contributed by atoms with van der Waals surface area (Å²) in [6.07, 6.45) is 2.56. The SMILES string of the molecule is CNCCN(C)C(=O)CCc1ncc(-c2ccc(Cl)cc2)o1.Cl.Cl. The van der Waals surface area contributed by atoms with Crippen LogP contribution in [0.4, 0.5) is 0 Å². The summed E-state index contributed by atoms with van der Waals surface area (Å²) in [5.41, 5.74) is 0.917. The van der Waals surface area contributed by atoms with Crippen molar-refractivity contribution in [2.24, 2.45) is 0 Å². The summed E-state index contributed by atoms with van der Waals surface area (Å²) in [7, 11) is 3.66.